The van der Waals surface area contributed by atoms with Crippen LogP contribution in [-0.4, -0.2) is 42.2 Å². The zero-order valence-electron chi connectivity index (χ0n) is 18.7. The molecule has 2 aliphatic heterocycles. The van der Waals surface area contributed by atoms with Crippen molar-refractivity contribution in [2.45, 2.75) is 50.6 Å². The third-order valence-electron chi connectivity index (χ3n) is 7.91. The molecule has 2 aromatic rings. The van der Waals surface area contributed by atoms with Gasteiger partial charge in [0.2, 0.25) is 5.91 Å². The van der Waals surface area contributed by atoms with E-state index in [2.05, 4.69) is 41.1 Å². The number of nitrogens with zero attached hydrogens (tertiary/aromatic N) is 3. The predicted molar refractivity (Wildman–Crippen MR) is 125 cm³/mol. The highest BCUT2D eigenvalue weighted by molar-refractivity contribution is 5.81. The van der Waals surface area contributed by atoms with Crippen molar-refractivity contribution in [3.05, 3.63) is 53.6 Å². The van der Waals surface area contributed by atoms with E-state index < -0.39 is 0 Å². The van der Waals surface area contributed by atoms with E-state index in [0.717, 1.165) is 55.5 Å². The lowest BCUT2D eigenvalue weighted by Crippen LogP contribution is -2.49. The number of hydrogen-bond acceptors (Lipinski definition) is 4. The molecule has 2 fully saturated rings. The standard InChI is InChI=1S/C27H31N3O2/c1-29-24-11-10-21(20-9-5-6-18(14-20)16-28)15-23(24)26-22(25(29)17-31)12-13-30(26)27(32)19-7-3-2-4-8-19/h5-6,9-11,14-15,19,22,25-26,31H,2-4,7-8,12-13,17H2,1H3/t22-,25-,26-/m1/s1. The lowest BCUT2D eigenvalue weighted by atomic mass is 9.80. The largest absolute Gasteiger partial charge is 0.394 e. The molecule has 166 valence electrons. The molecule has 1 N–H and O–H groups in total. The van der Waals surface area contributed by atoms with Crippen LogP contribution >= 0.6 is 0 Å². The Bertz CT molecular complexity index is 1050. The molecule has 1 aliphatic carbocycles. The van der Waals surface area contributed by atoms with Crippen LogP contribution < -0.4 is 4.90 Å². The number of rotatable bonds is 3. The number of carbonyl (C=O) groups excluding carboxylic acids is 1. The first kappa shape index (κ1) is 21.0. The van der Waals surface area contributed by atoms with Gasteiger partial charge in [0.25, 0.3) is 0 Å². The van der Waals surface area contributed by atoms with Gasteiger partial charge in [0.05, 0.1) is 30.3 Å². The van der Waals surface area contributed by atoms with Crippen molar-refractivity contribution >= 4 is 11.6 Å². The Morgan fingerprint density at radius 2 is 1.88 bits per heavy atom. The van der Waals surface area contributed by atoms with E-state index in [4.69, 9.17) is 0 Å². The van der Waals surface area contributed by atoms with Gasteiger partial charge in [-0.05, 0) is 60.2 Å². The normalized spacial score (nSPS) is 25.2. The van der Waals surface area contributed by atoms with Crippen molar-refractivity contribution in [2.24, 2.45) is 11.8 Å². The second kappa shape index (κ2) is 8.60. The number of aliphatic hydroxyl groups is 1. The molecule has 32 heavy (non-hydrogen) atoms. The molecule has 0 unspecified atom stereocenters. The van der Waals surface area contributed by atoms with Gasteiger partial charge in [0, 0.05) is 31.1 Å². The fourth-order valence-corrected chi connectivity index (χ4v) is 6.23. The third kappa shape index (κ3) is 3.47. The van der Waals surface area contributed by atoms with Crippen molar-refractivity contribution in [2.75, 3.05) is 25.1 Å². The number of benzene rings is 2. The molecular formula is C27H31N3O2. The van der Waals surface area contributed by atoms with E-state index >= 15 is 0 Å². The maximum atomic E-state index is 13.6. The number of hydrogen-bond donors (Lipinski definition) is 1. The van der Waals surface area contributed by atoms with Gasteiger partial charge in [-0.25, -0.2) is 0 Å². The summed E-state index contributed by atoms with van der Waals surface area (Å²) in [5, 5.41) is 19.5. The Kier molecular flexibility index (Phi) is 5.65. The summed E-state index contributed by atoms with van der Waals surface area (Å²) >= 11 is 0. The maximum Gasteiger partial charge on any atom is 0.226 e. The summed E-state index contributed by atoms with van der Waals surface area (Å²) in [6.45, 7) is 0.858. The van der Waals surface area contributed by atoms with E-state index in [0.29, 0.717) is 11.5 Å². The fourth-order valence-electron chi connectivity index (χ4n) is 6.23. The molecule has 5 rings (SSSR count). The Balaban J connectivity index is 1.56. The van der Waals surface area contributed by atoms with E-state index in [1.165, 1.54) is 12.0 Å². The number of nitriles is 1. The second-order valence-corrected chi connectivity index (χ2v) is 9.59. The van der Waals surface area contributed by atoms with Gasteiger partial charge >= 0.3 is 0 Å². The van der Waals surface area contributed by atoms with Gasteiger partial charge < -0.3 is 14.9 Å². The number of likely N-dealkylation sites (N-methyl/N-ethyl adjacent to an activating group) is 1. The number of anilines is 1. The molecule has 1 saturated heterocycles. The van der Waals surface area contributed by atoms with Crippen molar-refractivity contribution in [3.8, 4) is 17.2 Å². The lowest BCUT2D eigenvalue weighted by Gasteiger charge is -2.45. The van der Waals surface area contributed by atoms with Gasteiger partial charge in [-0.2, -0.15) is 5.26 Å². The van der Waals surface area contributed by atoms with Crippen LogP contribution in [0.3, 0.4) is 0 Å². The first-order valence-electron chi connectivity index (χ1n) is 11.9. The van der Waals surface area contributed by atoms with E-state index in [1.807, 2.05) is 24.3 Å². The van der Waals surface area contributed by atoms with Gasteiger partial charge in [-0.15, -0.1) is 0 Å². The highest BCUT2D eigenvalue weighted by Gasteiger charge is 2.48. The molecule has 5 nitrogen and oxygen atoms in total. The number of aliphatic hydroxyl groups excluding tert-OH is 1. The number of fused-ring (bicyclic) bond motifs is 3. The SMILES string of the molecule is CN1c2ccc(-c3cccc(C#N)c3)cc2[C@H]2[C@H](CCN2C(=O)C2CCCCC2)[C@H]1CO. The van der Waals surface area contributed by atoms with E-state index in [9.17, 15) is 15.2 Å². The zero-order chi connectivity index (χ0) is 22.2. The van der Waals surface area contributed by atoms with Crippen LogP contribution in [0.2, 0.25) is 0 Å². The summed E-state index contributed by atoms with van der Waals surface area (Å²) in [5.41, 5.74) is 4.98. The molecule has 1 saturated carbocycles. The summed E-state index contributed by atoms with van der Waals surface area (Å²) in [6, 6.07) is 16.3. The summed E-state index contributed by atoms with van der Waals surface area (Å²) in [4.78, 5) is 17.9. The van der Waals surface area contributed by atoms with Crippen LogP contribution in [0.1, 0.15) is 55.7 Å². The summed E-state index contributed by atoms with van der Waals surface area (Å²) in [5.74, 6) is 0.681. The van der Waals surface area contributed by atoms with Crippen molar-refractivity contribution < 1.29 is 9.90 Å². The quantitative estimate of drug-likeness (QED) is 0.780. The molecule has 1 amide bonds. The van der Waals surface area contributed by atoms with Crippen LogP contribution in [0.25, 0.3) is 11.1 Å². The van der Waals surface area contributed by atoms with Gasteiger partial charge in [-0.1, -0.05) is 37.5 Å². The van der Waals surface area contributed by atoms with E-state index in [1.54, 1.807) is 0 Å². The minimum Gasteiger partial charge on any atom is -0.394 e. The molecule has 5 heteroatoms. The molecular weight excluding hydrogens is 398 g/mol. The van der Waals surface area contributed by atoms with Crippen molar-refractivity contribution in [1.29, 1.82) is 5.26 Å². The van der Waals surface area contributed by atoms with E-state index in [-0.39, 0.29) is 30.5 Å². The molecule has 2 heterocycles. The average Bonchev–Trinajstić information content (AvgIpc) is 3.29. The summed E-state index contributed by atoms with van der Waals surface area (Å²) in [7, 11) is 2.05. The van der Waals surface area contributed by atoms with Gasteiger partial charge in [0.1, 0.15) is 0 Å². The van der Waals surface area contributed by atoms with Crippen LogP contribution in [0.4, 0.5) is 5.69 Å². The fraction of sp³-hybridized carbons (Fsp3) is 0.481. The van der Waals surface area contributed by atoms with Gasteiger partial charge in [0.15, 0.2) is 0 Å². The molecule has 0 aromatic heterocycles. The Hall–Kier alpha value is -2.84. The highest BCUT2D eigenvalue weighted by Crippen LogP contribution is 2.50. The smallest absolute Gasteiger partial charge is 0.226 e. The Labute approximate surface area is 190 Å². The van der Waals surface area contributed by atoms with Crippen molar-refractivity contribution in [1.82, 2.24) is 4.90 Å². The van der Waals surface area contributed by atoms with Gasteiger partial charge in [-0.3, -0.25) is 4.79 Å². The van der Waals surface area contributed by atoms with Crippen LogP contribution in [-0.2, 0) is 4.79 Å². The topological polar surface area (TPSA) is 67.6 Å². The summed E-state index contributed by atoms with van der Waals surface area (Å²) < 4.78 is 0. The number of likely N-dealkylation sites (tertiary alicyclic amines) is 1. The first-order valence-corrected chi connectivity index (χ1v) is 11.9. The Morgan fingerprint density at radius 1 is 1.09 bits per heavy atom. The molecule has 3 aliphatic rings. The molecule has 0 spiro atoms. The monoisotopic (exact) mass is 429 g/mol. The van der Waals surface area contributed by atoms with Crippen LogP contribution in [0.15, 0.2) is 42.5 Å². The zero-order valence-corrected chi connectivity index (χ0v) is 18.7. The predicted octanol–water partition coefficient (Wildman–Crippen LogP) is 4.51. The Morgan fingerprint density at radius 3 is 2.62 bits per heavy atom. The first-order chi connectivity index (χ1) is 15.6. The minimum absolute atomic E-state index is 0.00637. The van der Waals surface area contributed by atoms with Crippen LogP contribution in [0.5, 0.6) is 0 Å². The maximum absolute atomic E-state index is 13.6. The summed E-state index contributed by atoms with van der Waals surface area (Å²) in [6.07, 6.45) is 6.47. The molecule has 0 bridgehead atoms. The van der Waals surface area contributed by atoms with Crippen molar-refractivity contribution in [3.63, 3.8) is 0 Å². The lowest BCUT2D eigenvalue weighted by molar-refractivity contribution is -0.138. The molecule has 2 aromatic carbocycles. The second-order valence-electron chi connectivity index (χ2n) is 9.59. The number of carbonyl (C=O) groups is 1. The highest BCUT2D eigenvalue weighted by atomic mass is 16.3. The minimum atomic E-state index is 0.00637. The van der Waals surface area contributed by atoms with Crippen LogP contribution in [0, 0.1) is 23.2 Å². The third-order valence-corrected chi connectivity index (χ3v) is 7.91. The number of amides is 1. The molecule has 0 radical (unpaired) electrons. The molecule has 3 atom stereocenters. The average molecular weight is 430 g/mol.